The first-order valence-corrected chi connectivity index (χ1v) is 22.9. The summed E-state index contributed by atoms with van der Waals surface area (Å²) in [6.07, 6.45) is 5.80. The number of furan rings is 1. The van der Waals surface area contributed by atoms with Crippen LogP contribution in [0.15, 0.2) is 192 Å². The van der Waals surface area contributed by atoms with Gasteiger partial charge in [-0.05, 0) is 131 Å². The van der Waals surface area contributed by atoms with E-state index < -0.39 is 0 Å². The van der Waals surface area contributed by atoms with Crippen LogP contribution >= 0.6 is 22.7 Å². The Morgan fingerprint density at radius 1 is 0.435 bits per heavy atom. The number of anilines is 6. The molecule has 0 radical (unpaired) electrons. The van der Waals surface area contributed by atoms with E-state index in [4.69, 9.17) is 4.42 Å². The molecule has 9 aromatic carbocycles. The predicted octanol–water partition coefficient (Wildman–Crippen LogP) is 17.6. The molecule has 0 aliphatic heterocycles. The SMILES string of the molecule is CC1C=Cc2c(sc3ccc(N(c4ccccc4)c4ccc5c(c4)c4ccccc4c4c6ccc(N(c7ccccc7)c7ccc8sc9ccccc9c8c7)cc6oc54)cc23)C1. The second-order valence-electron chi connectivity index (χ2n) is 16.5. The number of rotatable bonds is 6. The van der Waals surface area contributed by atoms with Crippen molar-refractivity contribution in [3.8, 4) is 0 Å². The molecular weight excluding hydrogens is 793 g/mol. The lowest BCUT2D eigenvalue weighted by atomic mass is 9.95. The molecule has 12 aromatic rings. The average molecular weight is 831 g/mol. The third kappa shape index (κ3) is 5.55. The first-order valence-electron chi connectivity index (χ1n) is 21.3. The van der Waals surface area contributed by atoms with Crippen LogP contribution in [0.2, 0.25) is 0 Å². The van der Waals surface area contributed by atoms with E-state index in [1.165, 1.54) is 56.9 Å². The molecule has 3 aromatic heterocycles. The van der Waals surface area contributed by atoms with Gasteiger partial charge in [-0.1, -0.05) is 97.9 Å². The Morgan fingerprint density at radius 2 is 0.984 bits per heavy atom. The van der Waals surface area contributed by atoms with E-state index in [1.54, 1.807) is 0 Å². The van der Waals surface area contributed by atoms with Crippen molar-refractivity contribution >= 4 is 137 Å². The van der Waals surface area contributed by atoms with Crippen LogP contribution < -0.4 is 9.80 Å². The van der Waals surface area contributed by atoms with Crippen molar-refractivity contribution in [2.24, 2.45) is 5.92 Å². The highest BCUT2D eigenvalue weighted by molar-refractivity contribution is 7.25. The van der Waals surface area contributed by atoms with Crippen molar-refractivity contribution in [3.05, 3.63) is 199 Å². The molecular formula is C57H38N2OS2. The molecule has 0 spiro atoms. The molecule has 0 bridgehead atoms. The standard InChI is InChI=1S/C57H38N2OS2/c1-35-20-25-44-50-33-39(24-29-54(50)62-55(44)30-35)58(36-12-4-2-5-13-36)38-21-26-46-48(31-38)42-16-8-9-18-45(42)56-47-27-22-41(34-51(47)60-57(46)56)59(37-14-6-3-7-15-37)40-23-28-53-49(32-40)43-17-10-11-19-52(43)61-53/h2-29,31-35H,30H2,1H3. The summed E-state index contributed by atoms with van der Waals surface area (Å²) in [5.41, 5.74) is 9.77. The summed E-state index contributed by atoms with van der Waals surface area (Å²) in [5.74, 6) is 0.570. The van der Waals surface area contributed by atoms with Gasteiger partial charge in [-0.15, -0.1) is 22.7 Å². The molecule has 3 heterocycles. The maximum Gasteiger partial charge on any atom is 0.143 e. The van der Waals surface area contributed by atoms with Gasteiger partial charge in [-0.25, -0.2) is 0 Å². The van der Waals surface area contributed by atoms with Gasteiger partial charge >= 0.3 is 0 Å². The molecule has 0 saturated heterocycles. The van der Waals surface area contributed by atoms with Gasteiger partial charge in [0.1, 0.15) is 11.2 Å². The van der Waals surface area contributed by atoms with Crippen LogP contribution in [0.4, 0.5) is 34.1 Å². The molecule has 0 fully saturated rings. The van der Waals surface area contributed by atoms with Gasteiger partial charge in [0.15, 0.2) is 0 Å². The summed E-state index contributed by atoms with van der Waals surface area (Å²) in [6, 6.07) is 66.4. The summed E-state index contributed by atoms with van der Waals surface area (Å²) >= 11 is 3.79. The molecule has 5 heteroatoms. The highest BCUT2D eigenvalue weighted by Gasteiger charge is 2.23. The van der Waals surface area contributed by atoms with Gasteiger partial charge in [0.2, 0.25) is 0 Å². The molecule has 1 aliphatic carbocycles. The molecule has 1 atom stereocenters. The fourth-order valence-corrected chi connectivity index (χ4v) is 12.3. The van der Waals surface area contributed by atoms with Crippen LogP contribution in [-0.2, 0) is 6.42 Å². The van der Waals surface area contributed by atoms with E-state index >= 15 is 0 Å². The minimum absolute atomic E-state index is 0.570. The van der Waals surface area contributed by atoms with Gasteiger partial charge in [0.05, 0.1) is 0 Å². The molecule has 13 rings (SSSR count). The first kappa shape index (κ1) is 35.6. The van der Waals surface area contributed by atoms with Gasteiger partial charge in [0, 0.05) is 91.5 Å². The van der Waals surface area contributed by atoms with Crippen molar-refractivity contribution in [1.82, 2.24) is 0 Å². The van der Waals surface area contributed by atoms with Crippen LogP contribution in [0.25, 0.3) is 79.8 Å². The lowest BCUT2D eigenvalue weighted by Crippen LogP contribution is -2.09. The topological polar surface area (TPSA) is 19.6 Å². The summed E-state index contributed by atoms with van der Waals surface area (Å²) in [5, 5.41) is 10.8. The number of nitrogens with zero attached hydrogens (tertiary/aromatic N) is 2. The minimum Gasteiger partial charge on any atom is -0.455 e. The van der Waals surface area contributed by atoms with Crippen molar-refractivity contribution in [1.29, 1.82) is 0 Å². The number of benzene rings is 9. The fourth-order valence-electron chi connectivity index (χ4n) is 9.86. The molecule has 0 N–H and O–H groups in total. The lowest BCUT2D eigenvalue weighted by Gasteiger charge is -2.26. The quantitative estimate of drug-likeness (QED) is 0.156. The summed E-state index contributed by atoms with van der Waals surface area (Å²) in [7, 11) is 0. The molecule has 1 aliphatic rings. The molecule has 3 nitrogen and oxygen atoms in total. The number of para-hydroxylation sites is 2. The van der Waals surface area contributed by atoms with Gasteiger partial charge < -0.3 is 14.2 Å². The Balaban J connectivity index is 0.988. The lowest BCUT2D eigenvalue weighted by molar-refractivity contribution is 0.673. The predicted molar refractivity (Wildman–Crippen MR) is 268 cm³/mol. The normalized spacial score (nSPS) is 13.9. The minimum atomic E-state index is 0.570. The highest BCUT2D eigenvalue weighted by atomic mass is 32.1. The van der Waals surface area contributed by atoms with Crippen molar-refractivity contribution in [2.45, 2.75) is 13.3 Å². The number of hydrogen-bond donors (Lipinski definition) is 0. The number of hydrogen-bond acceptors (Lipinski definition) is 5. The molecule has 62 heavy (non-hydrogen) atoms. The first-order chi connectivity index (χ1) is 30.6. The Kier molecular flexibility index (Phi) is 7.99. The zero-order chi connectivity index (χ0) is 40.9. The van der Waals surface area contributed by atoms with E-state index in [0.29, 0.717) is 5.92 Å². The van der Waals surface area contributed by atoms with E-state index in [0.717, 1.165) is 67.9 Å². The molecule has 0 amide bonds. The Morgan fingerprint density at radius 3 is 1.71 bits per heavy atom. The monoisotopic (exact) mass is 830 g/mol. The van der Waals surface area contributed by atoms with Crippen LogP contribution in [-0.4, -0.2) is 0 Å². The molecule has 0 saturated carbocycles. The van der Waals surface area contributed by atoms with E-state index in [1.807, 2.05) is 22.7 Å². The average Bonchev–Trinajstić information content (AvgIpc) is 4.01. The smallest absolute Gasteiger partial charge is 0.143 e. The summed E-state index contributed by atoms with van der Waals surface area (Å²) < 4.78 is 11.0. The number of fused-ring (bicyclic) bond motifs is 14. The second kappa shape index (κ2) is 13.9. The van der Waals surface area contributed by atoms with Crippen molar-refractivity contribution < 1.29 is 4.42 Å². The summed E-state index contributed by atoms with van der Waals surface area (Å²) in [4.78, 5) is 6.23. The third-order valence-corrected chi connectivity index (χ3v) is 15.1. The van der Waals surface area contributed by atoms with E-state index in [2.05, 4.69) is 211 Å². The second-order valence-corrected chi connectivity index (χ2v) is 18.8. The van der Waals surface area contributed by atoms with Crippen molar-refractivity contribution in [3.63, 3.8) is 0 Å². The van der Waals surface area contributed by atoms with Crippen LogP contribution in [0.3, 0.4) is 0 Å². The third-order valence-electron chi connectivity index (χ3n) is 12.7. The van der Waals surface area contributed by atoms with Crippen LogP contribution in [0.5, 0.6) is 0 Å². The zero-order valence-electron chi connectivity index (χ0n) is 33.9. The Hall–Kier alpha value is -7.18. The number of allylic oxidation sites excluding steroid dienone is 1. The zero-order valence-corrected chi connectivity index (χ0v) is 35.5. The van der Waals surface area contributed by atoms with Crippen LogP contribution in [0.1, 0.15) is 17.4 Å². The van der Waals surface area contributed by atoms with Crippen molar-refractivity contribution in [2.75, 3.05) is 9.80 Å². The van der Waals surface area contributed by atoms with Gasteiger partial charge in [-0.2, -0.15) is 0 Å². The van der Waals surface area contributed by atoms with Gasteiger partial charge in [-0.3, -0.25) is 0 Å². The number of thiophene rings is 2. The largest absolute Gasteiger partial charge is 0.455 e. The maximum absolute atomic E-state index is 7.08. The van der Waals surface area contributed by atoms with E-state index in [-0.39, 0.29) is 0 Å². The molecule has 1 unspecified atom stereocenters. The summed E-state index contributed by atoms with van der Waals surface area (Å²) in [6.45, 7) is 2.31. The Labute approximate surface area is 366 Å². The maximum atomic E-state index is 7.08. The molecule has 294 valence electrons. The highest BCUT2D eigenvalue weighted by Crippen LogP contribution is 2.47. The fraction of sp³-hybridized carbons (Fsp3) is 0.0526. The van der Waals surface area contributed by atoms with Gasteiger partial charge in [0.25, 0.3) is 0 Å². The Bertz CT molecular complexity index is 3760. The van der Waals surface area contributed by atoms with Crippen LogP contribution in [0, 0.1) is 5.92 Å². The van der Waals surface area contributed by atoms with E-state index in [9.17, 15) is 0 Å².